The Morgan fingerprint density at radius 3 is 2.00 bits per heavy atom. The lowest BCUT2D eigenvalue weighted by Crippen LogP contribution is -2.44. The fourth-order valence-electron chi connectivity index (χ4n) is 5.86. The molecule has 2 aliphatic rings. The van der Waals surface area contributed by atoms with Crippen molar-refractivity contribution in [2.75, 3.05) is 19.8 Å². The molecule has 10 heteroatoms. The fraction of sp³-hybridized carbons (Fsp3) is 1.00. The second-order valence-corrected chi connectivity index (χ2v) is 13.2. The van der Waals surface area contributed by atoms with E-state index in [4.69, 9.17) is 28.4 Å². The lowest BCUT2D eigenvalue weighted by molar-refractivity contribution is -0.175. The number of aliphatic hydroxyl groups excluding tert-OH is 1. The highest BCUT2D eigenvalue weighted by Gasteiger charge is 2.49. The predicted molar refractivity (Wildman–Crippen MR) is 164 cm³/mol. The van der Waals surface area contributed by atoms with E-state index in [9.17, 15) is 10.6 Å². The Labute approximate surface area is 255 Å². The summed E-state index contributed by atoms with van der Waals surface area (Å²) in [5.74, 6) is -1.46. The zero-order chi connectivity index (χ0) is 31.0. The van der Waals surface area contributed by atoms with Gasteiger partial charge in [0.05, 0.1) is 44.2 Å². The summed E-state index contributed by atoms with van der Waals surface area (Å²) in [6.07, 6.45) is 13.2. The average Bonchev–Trinajstić information content (AvgIpc) is 3.44. The second-order valence-electron chi connectivity index (χ2n) is 13.2. The molecular weight excluding hydrogens is 538 g/mol. The van der Waals surface area contributed by atoms with Gasteiger partial charge in [0.1, 0.15) is 18.3 Å². The summed E-state index contributed by atoms with van der Waals surface area (Å²) >= 11 is 0. The van der Waals surface area contributed by atoms with Crippen LogP contribution in [0.15, 0.2) is 5.11 Å². The lowest BCUT2D eigenvalue weighted by Gasteiger charge is -2.30. The molecule has 1 unspecified atom stereocenters. The standard InChI is InChI=1S/C32H61N3O7/c1-8-9-10-11-12-13-14-15-16-17-18-19-20-26(36)29(39-24(2)3)25(34-35-33)21-37-22-27-30(42-32(6,7)41-27)28-23-38-31(4,5)40-28/h24-30,36H,8-23H2,1-7H3/t25-,26-,27?,28+,29+,30-/m1/s1. The Kier molecular flexibility index (Phi) is 17.2. The van der Waals surface area contributed by atoms with Crippen molar-refractivity contribution in [1.29, 1.82) is 0 Å². The average molecular weight is 600 g/mol. The maximum Gasteiger partial charge on any atom is 0.164 e. The van der Waals surface area contributed by atoms with Crippen LogP contribution in [0.3, 0.4) is 0 Å². The molecule has 0 spiro atoms. The maximum atomic E-state index is 11.1. The summed E-state index contributed by atoms with van der Waals surface area (Å²) < 4.78 is 36.1. The summed E-state index contributed by atoms with van der Waals surface area (Å²) in [6, 6.07) is -0.677. The third-order valence-electron chi connectivity index (χ3n) is 7.93. The molecule has 0 aliphatic carbocycles. The van der Waals surface area contributed by atoms with Gasteiger partial charge in [0.2, 0.25) is 0 Å². The molecule has 6 atom stereocenters. The molecule has 0 aromatic carbocycles. The second kappa shape index (κ2) is 19.4. The van der Waals surface area contributed by atoms with Crippen LogP contribution in [0.4, 0.5) is 0 Å². The molecule has 2 fully saturated rings. The van der Waals surface area contributed by atoms with Crippen LogP contribution in [0.2, 0.25) is 0 Å². The van der Waals surface area contributed by atoms with E-state index in [0.29, 0.717) is 13.0 Å². The predicted octanol–water partition coefficient (Wildman–Crippen LogP) is 7.60. The Morgan fingerprint density at radius 1 is 0.881 bits per heavy atom. The van der Waals surface area contributed by atoms with Crippen LogP contribution in [0.25, 0.3) is 10.4 Å². The number of ether oxygens (including phenoxy) is 6. The third kappa shape index (κ3) is 14.2. The van der Waals surface area contributed by atoms with Crippen LogP contribution in [0.5, 0.6) is 0 Å². The molecular formula is C32H61N3O7. The number of rotatable bonds is 23. The number of hydrogen-bond donors (Lipinski definition) is 1. The van der Waals surface area contributed by atoms with E-state index in [-0.39, 0.29) is 37.6 Å². The first-order chi connectivity index (χ1) is 20.0. The molecule has 42 heavy (non-hydrogen) atoms. The minimum absolute atomic E-state index is 0.0947. The number of azide groups is 1. The monoisotopic (exact) mass is 599 g/mol. The van der Waals surface area contributed by atoms with Gasteiger partial charge in [-0.05, 0) is 53.5 Å². The van der Waals surface area contributed by atoms with Crippen molar-refractivity contribution in [2.45, 2.75) is 186 Å². The fourth-order valence-corrected chi connectivity index (χ4v) is 5.86. The summed E-state index contributed by atoms with van der Waals surface area (Å²) in [6.45, 7) is 14.3. The molecule has 246 valence electrons. The molecule has 2 rings (SSSR count). The van der Waals surface area contributed by atoms with Gasteiger partial charge < -0.3 is 33.5 Å². The Morgan fingerprint density at radius 2 is 1.48 bits per heavy atom. The Balaban J connectivity index is 1.79. The zero-order valence-corrected chi connectivity index (χ0v) is 27.6. The van der Waals surface area contributed by atoms with Crippen LogP contribution in [-0.4, -0.2) is 79.2 Å². The van der Waals surface area contributed by atoms with Crippen LogP contribution in [-0.2, 0) is 28.4 Å². The van der Waals surface area contributed by atoms with Gasteiger partial charge in [-0.25, -0.2) is 0 Å². The molecule has 1 N–H and O–H groups in total. The van der Waals surface area contributed by atoms with E-state index in [2.05, 4.69) is 16.9 Å². The Bertz CT molecular complexity index is 775. The first-order valence-corrected chi connectivity index (χ1v) is 16.6. The minimum atomic E-state index is -0.785. The summed E-state index contributed by atoms with van der Waals surface area (Å²) in [5.41, 5.74) is 9.29. The normalized spacial score (nSPS) is 25.4. The highest BCUT2D eigenvalue weighted by Crippen LogP contribution is 2.35. The lowest BCUT2D eigenvalue weighted by atomic mass is 9.99. The van der Waals surface area contributed by atoms with E-state index in [1.807, 2.05) is 41.5 Å². The van der Waals surface area contributed by atoms with Gasteiger partial charge in [-0.2, -0.15) is 0 Å². The number of hydrogen-bond acceptors (Lipinski definition) is 8. The van der Waals surface area contributed by atoms with Crippen molar-refractivity contribution < 1.29 is 33.5 Å². The highest BCUT2D eigenvalue weighted by molar-refractivity contribution is 4.91. The molecule has 0 amide bonds. The van der Waals surface area contributed by atoms with Gasteiger partial charge in [0, 0.05) is 4.91 Å². The molecule has 2 heterocycles. The topological polar surface area (TPSA) is 124 Å². The van der Waals surface area contributed by atoms with Gasteiger partial charge in [0.25, 0.3) is 0 Å². The minimum Gasteiger partial charge on any atom is -0.390 e. The maximum absolute atomic E-state index is 11.1. The van der Waals surface area contributed by atoms with Crippen molar-refractivity contribution in [3.63, 3.8) is 0 Å². The van der Waals surface area contributed by atoms with Crippen molar-refractivity contribution in [3.05, 3.63) is 10.4 Å². The van der Waals surface area contributed by atoms with Gasteiger partial charge >= 0.3 is 0 Å². The van der Waals surface area contributed by atoms with E-state index < -0.39 is 29.8 Å². The van der Waals surface area contributed by atoms with Crippen LogP contribution >= 0.6 is 0 Å². The van der Waals surface area contributed by atoms with Crippen molar-refractivity contribution >= 4 is 0 Å². The first-order valence-electron chi connectivity index (χ1n) is 16.6. The van der Waals surface area contributed by atoms with Crippen molar-refractivity contribution in [1.82, 2.24) is 0 Å². The highest BCUT2D eigenvalue weighted by atomic mass is 16.8. The first kappa shape index (κ1) is 37.2. The number of nitrogens with zero attached hydrogens (tertiary/aromatic N) is 3. The van der Waals surface area contributed by atoms with Crippen molar-refractivity contribution in [3.8, 4) is 0 Å². The smallest absolute Gasteiger partial charge is 0.164 e. The summed E-state index contributed by atoms with van der Waals surface area (Å²) in [5, 5.41) is 15.1. The molecule has 0 bridgehead atoms. The Hall–Kier alpha value is -0.970. The zero-order valence-electron chi connectivity index (χ0n) is 27.6. The van der Waals surface area contributed by atoms with Crippen LogP contribution in [0.1, 0.15) is 132 Å². The molecule has 10 nitrogen and oxygen atoms in total. The van der Waals surface area contributed by atoms with Crippen LogP contribution < -0.4 is 0 Å². The van der Waals surface area contributed by atoms with Gasteiger partial charge in [-0.15, -0.1) is 0 Å². The molecule has 2 saturated heterocycles. The van der Waals surface area contributed by atoms with E-state index in [0.717, 1.165) is 12.8 Å². The number of aliphatic hydroxyl groups is 1. The van der Waals surface area contributed by atoms with Gasteiger partial charge in [0.15, 0.2) is 11.6 Å². The summed E-state index contributed by atoms with van der Waals surface area (Å²) in [4.78, 5) is 3.04. The molecule has 0 aromatic heterocycles. The van der Waals surface area contributed by atoms with Crippen molar-refractivity contribution in [2.24, 2.45) is 5.11 Å². The quantitative estimate of drug-likeness (QED) is 0.0555. The van der Waals surface area contributed by atoms with Gasteiger partial charge in [-0.3, -0.25) is 0 Å². The van der Waals surface area contributed by atoms with E-state index in [1.54, 1.807) is 0 Å². The summed E-state index contributed by atoms with van der Waals surface area (Å²) in [7, 11) is 0. The van der Waals surface area contributed by atoms with Gasteiger partial charge in [-0.1, -0.05) is 89.1 Å². The SMILES string of the molecule is CCCCCCCCCCCCCC[C@@H](O)[C@@H](OC(C)C)[C@@H](COCC1OC(C)(C)O[C@H]1[C@@H]1COC(C)(C)O1)N=[N+]=[N-]. The molecule has 0 saturated carbocycles. The number of unbranched alkanes of at least 4 members (excludes halogenated alkanes) is 11. The molecule has 0 aromatic rings. The largest absolute Gasteiger partial charge is 0.390 e. The third-order valence-corrected chi connectivity index (χ3v) is 7.93. The molecule has 0 radical (unpaired) electrons. The van der Waals surface area contributed by atoms with Crippen LogP contribution in [0, 0.1) is 0 Å². The molecule has 2 aliphatic heterocycles. The van der Waals surface area contributed by atoms with E-state index >= 15 is 0 Å². The van der Waals surface area contributed by atoms with E-state index in [1.165, 1.54) is 64.2 Å².